The lowest BCUT2D eigenvalue weighted by atomic mass is 10.0. The highest BCUT2D eigenvalue weighted by Gasteiger charge is 2.16. The van der Waals surface area contributed by atoms with Gasteiger partial charge < -0.3 is 10.6 Å². The van der Waals surface area contributed by atoms with E-state index in [-0.39, 0.29) is 0 Å². The van der Waals surface area contributed by atoms with Crippen LogP contribution in [0.15, 0.2) is 42.5 Å². The minimum atomic E-state index is 0.870. The Balaban J connectivity index is 1.85. The first-order valence-corrected chi connectivity index (χ1v) is 7.68. The number of hydrogen-bond donors (Lipinski definition) is 1. The number of nitrogens with zero attached hydrogens (tertiary/aromatic N) is 1. The summed E-state index contributed by atoms with van der Waals surface area (Å²) in [6.45, 7) is 2.11. The Morgan fingerprint density at radius 1 is 1.11 bits per heavy atom. The van der Waals surface area contributed by atoms with Crippen molar-refractivity contribution in [2.24, 2.45) is 0 Å². The molecule has 0 atom stereocenters. The highest BCUT2D eigenvalue weighted by atomic mass is 127. The van der Waals surface area contributed by atoms with Crippen molar-refractivity contribution in [2.45, 2.75) is 19.4 Å². The van der Waals surface area contributed by atoms with Crippen LogP contribution in [-0.4, -0.2) is 6.54 Å². The fourth-order valence-electron chi connectivity index (χ4n) is 2.67. The van der Waals surface area contributed by atoms with E-state index in [1.165, 1.54) is 26.8 Å². The number of aryl methyl sites for hydroxylation is 1. The molecule has 2 nitrogen and oxygen atoms in total. The number of nitrogen functional groups attached to an aromatic ring is 1. The van der Waals surface area contributed by atoms with Crippen LogP contribution in [-0.2, 0) is 13.0 Å². The highest BCUT2D eigenvalue weighted by molar-refractivity contribution is 14.1. The molecular formula is C16H17IN2. The van der Waals surface area contributed by atoms with Crippen molar-refractivity contribution in [1.82, 2.24) is 0 Å². The fourth-order valence-corrected chi connectivity index (χ4v) is 3.03. The lowest BCUT2D eigenvalue weighted by Gasteiger charge is -2.31. The lowest BCUT2D eigenvalue weighted by Crippen LogP contribution is -2.28. The summed E-state index contributed by atoms with van der Waals surface area (Å²) in [5.74, 6) is 0. The molecule has 1 aliphatic heterocycles. The number of hydrogen-bond acceptors (Lipinski definition) is 2. The Morgan fingerprint density at radius 2 is 1.89 bits per heavy atom. The summed E-state index contributed by atoms with van der Waals surface area (Å²) in [4.78, 5) is 2.46. The lowest BCUT2D eigenvalue weighted by molar-refractivity contribution is 0.691. The summed E-state index contributed by atoms with van der Waals surface area (Å²) >= 11 is 2.34. The first-order valence-electron chi connectivity index (χ1n) is 6.60. The molecule has 3 rings (SSSR count). The molecule has 0 aliphatic carbocycles. The summed E-state index contributed by atoms with van der Waals surface area (Å²) in [6.07, 6.45) is 2.35. The van der Waals surface area contributed by atoms with Gasteiger partial charge in [0.2, 0.25) is 0 Å². The van der Waals surface area contributed by atoms with E-state index >= 15 is 0 Å². The van der Waals surface area contributed by atoms with Crippen molar-refractivity contribution in [1.29, 1.82) is 0 Å². The van der Waals surface area contributed by atoms with E-state index in [9.17, 15) is 0 Å². The van der Waals surface area contributed by atoms with Crippen LogP contribution in [0.1, 0.15) is 17.5 Å². The molecule has 0 unspecified atom stereocenters. The zero-order chi connectivity index (χ0) is 13.2. The van der Waals surface area contributed by atoms with E-state index in [1.54, 1.807) is 0 Å². The summed E-state index contributed by atoms with van der Waals surface area (Å²) < 4.78 is 1.29. The molecule has 0 fully saturated rings. The van der Waals surface area contributed by atoms with E-state index in [4.69, 9.17) is 5.73 Å². The molecule has 2 N–H and O–H groups in total. The maximum absolute atomic E-state index is 5.88. The summed E-state index contributed by atoms with van der Waals surface area (Å²) in [7, 11) is 0. The van der Waals surface area contributed by atoms with Crippen molar-refractivity contribution in [3.63, 3.8) is 0 Å². The van der Waals surface area contributed by atoms with Gasteiger partial charge in [-0.1, -0.05) is 12.1 Å². The fraction of sp³-hybridized carbons (Fsp3) is 0.250. The van der Waals surface area contributed by atoms with Gasteiger partial charge in [-0.05, 0) is 76.9 Å². The average molecular weight is 364 g/mol. The van der Waals surface area contributed by atoms with Gasteiger partial charge in [0.1, 0.15) is 0 Å². The highest BCUT2D eigenvalue weighted by Crippen LogP contribution is 2.30. The molecule has 2 aromatic carbocycles. The third-order valence-corrected chi connectivity index (χ3v) is 4.32. The molecule has 3 heteroatoms. The van der Waals surface area contributed by atoms with Gasteiger partial charge >= 0.3 is 0 Å². The normalized spacial score (nSPS) is 14.3. The van der Waals surface area contributed by atoms with Crippen LogP contribution in [0.5, 0.6) is 0 Å². The van der Waals surface area contributed by atoms with Gasteiger partial charge in [0, 0.05) is 28.0 Å². The maximum Gasteiger partial charge on any atom is 0.0429 e. The largest absolute Gasteiger partial charge is 0.399 e. The summed E-state index contributed by atoms with van der Waals surface area (Å²) in [5, 5.41) is 0. The number of nitrogens with two attached hydrogens (primary N) is 1. The maximum atomic E-state index is 5.88. The van der Waals surface area contributed by atoms with Crippen LogP contribution < -0.4 is 10.6 Å². The molecule has 0 amide bonds. The molecule has 2 aromatic rings. The number of halogens is 1. The minimum Gasteiger partial charge on any atom is -0.399 e. The Hall–Kier alpha value is -1.23. The van der Waals surface area contributed by atoms with Crippen molar-refractivity contribution in [3.8, 4) is 0 Å². The zero-order valence-electron chi connectivity index (χ0n) is 10.8. The quantitative estimate of drug-likeness (QED) is 0.648. The Bertz CT molecular complexity index is 578. The van der Waals surface area contributed by atoms with Gasteiger partial charge in [0.25, 0.3) is 0 Å². The van der Waals surface area contributed by atoms with Gasteiger partial charge in [-0.25, -0.2) is 0 Å². The standard InChI is InChI=1S/C16H17IN2/c17-14-5-3-12(4-6-14)11-19-9-1-2-13-10-15(18)7-8-16(13)19/h3-8,10H,1-2,9,11,18H2. The Labute approximate surface area is 127 Å². The van der Waals surface area contributed by atoms with Crippen molar-refractivity contribution in [3.05, 3.63) is 57.2 Å². The SMILES string of the molecule is Nc1ccc2c(c1)CCCN2Cc1ccc(I)cc1. The third-order valence-electron chi connectivity index (χ3n) is 3.61. The number of rotatable bonds is 2. The van der Waals surface area contributed by atoms with E-state index in [1.807, 2.05) is 6.07 Å². The van der Waals surface area contributed by atoms with Crippen LogP contribution in [0.4, 0.5) is 11.4 Å². The molecular weight excluding hydrogens is 347 g/mol. The average Bonchev–Trinajstić information content (AvgIpc) is 2.41. The van der Waals surface area contributed by atoms with Crippen LogP contribution in [0.2, 0.25) is 0 Å². The predicted octanol–water partition coefficient (Wildman–Crippen LogP) is 3.83. The number of fused-ring (bicyclic) bond motifs is 1. The molecule has 19 heavy (non-hydrogen) atoms. The van der Waals surface area contributed by atoms with Gasteiger partial charge in [-0.15, -0.1) is 0 Å². The van der Waals surface area contributed by atoms with E-state index in [0.29, 0.717) is 0 Å². The molecule has 0 saturated heterocycles. The number of benzene rings is 2. The smallest absolute Gasteiger partial charge is 0.0429 e. The first kappa shape index (κ1) is 12.8. The second kappa shape index (κ2) is 5.41. The van der Waals surface area contributed by atoms with Crippen LogP contribution in [0.3, 0.4) is 0 Å². The predicted molar refractivity (Wildman–Crippen MR) is 89.4 cm³/mol. The van der Waals surface area contributed by atoms with Gasteiger partial charge in [-0.2, -0.15) is 0 Å². The van der Waals surface area contributed by atoms with E-state index in [0.717, 1.165) is 25.2 Å². The number of anilines is 2. The van der Waals surface area contributed by atoms with Crippen molar-refractivity contribution >= 4 is 34.0 Å². The van der Waals surface area contributed by atoms with E-state index in [2.05, 4.69) is 63.9 Å². The topological polar surface area (TPSA) is 29.3 Å². The summed E-state index contributed by atoms with van der Waals surface area (Å²) in [6, 6.07) is 15.1. The van der Waals surface area contributed by atoms with Crippen LogP contribution in [0.25, 0.3) is 0 Å². The molecule has 0 aromatic heterocycles. The molecule has 0 radical (unpaired) electrons. The van der Waals surface area contributed by atoms with E-state index < -0.39 is 0 Å². The van der Waals surface area contributed by atoms with Crippen molar-refractivity contribution in [2.75, 3.05) is 17.2 Å². The van der Waals surface area contributed by atoms with Gasteiger partial charge in [0.05, 0.1) is 0 Å². The second-order valence-electron chi connectivity index (χ2n) is 5.04. The molecule has 1 aliphatic rings. The molecule has 1 heterocycles. The molecule has 0 saturated carbocycles. The Kier molecular flexibility index (Phi) is 3.64. The zero-order valence-corrected chi connectivity index (χ0v) is 12.9. The second-order valence-corrected chi connectivity index (χ2v) is 6.29. The molecule has 0 bridgehead atoms. The third kappa shape index (κ3) is 2.86. The monoisotopic (exact) mass is 364 g/mol. The van der Waals surface area contributed by atoms with Crippen molar-refractivity contribution < 1.29 is 0 Å². The Morgan fingerprint density at radius 3 is 2.68 bits per heavy atom. The van der Waals surface area contributed by atoms with Gasteiger partial charge in [-0.3, -0.25) is 0 Å². The van der Waals surface area contributed by atoms with Crippen LogP contribution >= 0.6 is 22.6 Å². The first-order chi connectivity index (χ1) is 9.22. The molecule has 98 valence electrons. The molecule has 0 spiro atoms. The van der Waals surface area contributed by atoms with Gasteiger partial charge in [0.15, 0.2) is 0 Å². The summed E-state index contributed by atoms with van der Waals surface area (Å²) in [5.41, 5.74) is 10.8. The minimum absolute atomic E-state index is 0.870. The van der Waals surface area contributed by atoms with Crippen LogP contribution in [0, 0.1) is 3.57 Å².